The van der Waals surface area contributed by atoms with Crippen molar-refractivity contribution in [1.29, 1.82) is 0 Å². The molecule has 1 N–H and O–H groups in total. The second-order valence-electron chi connectivity index (χ2n) is 9.05. The Bertz CT molecular complexity index is 1270. The first-order valence-corrected chi connectivity index (χ1v) is 12.7. The minimum absolute atomic E-state index is 0.0399. The molecule has 3 aromatic carbocycles. The fourth-order valence-corrected chi connectivity index (χ4v) is 4.20. The minimum atomic E-state index is -0.0931. The van der Waals surface area contributed by atoms with E-state index >= 15 is 0 Å². The van der Waals surface area contributed by atoms with Crippen LogP contribution in [0.25, 0.3) is 11.0 Å². The van der Waals surface area contributed by atoms with E-state index in [9.17, 15) is 4.79 Å². The van der Waals surface area contributed by atoms with E-state index in [4.69, 9.17) is 14.5 Å². The van der Waals surface area contributed by atoms with Crippen LogP contribution in [0.1, 0.15) is 36.2 Å². The lowest BCUT2D eigenvalue weighted by atomic mass is 10.1. The first-order valence-electron chi connectivity index (χ1n) is 12.7. The van der Waals surface area contributed by atoms with Crippen LogP contribution in [0.2, 0.25) is 0 Å². The average Bonchev–Trinajstić information content (AvgIpc) is 3.25. The summed E-state index contributed by atoms with van der Waals surface area (Å²) in [5.74, 6) is 2.64. The van der Waals surface area contributed by atoms with Crippen LogP contribution < -0.4 is 14.8 Å². The minimum Gasteiger partial charge on any atom is -0.491 e. The Morgan fingerprint density at radius 1 is 0.917 bits per heavy atom. The number of fused-ring (bicyclic) bond motifs is 1. The Morgan fingerprint density at radius 2 is 1.72 bits per heavy atom. The van der Waals surface area contributed by atoms with Crippen molar-refractivity contribution in [2.45, 2.75) is 46.1 Å². The summed E-state index contributed by atoms with van der Waals surface area (Å²) in [5, 5.41) is 2.94. The first-order chi connectivity index (χ1) is 17.6. The van der Waals surface area contributed by atoms with Crippen LogP contribution in [0.5, 0.6) is 11.5 Å². The lowest BCUT2D eigenvalue weighted by molar-refractivity contribution is -0.123. The molecule has 0 radical (unpaired) electrons. The molecule has 0 fully saturated rings. The van der Waals surface area contributed by atoms with Gasteiger partial charge in [0, 0.05) is 13.0 Å². The van der Waals surface area contributed by atoms with E-state index in [1.807, 2.05) is 36.4 Å². The molecule has 6 heteroatoms. The maximum atomic E-state index is 12.0. The van der Waals surface area contributed by atoms with Crippen molar-refractivity contribution in [3.05, 3.63) is 89.7 Å². The van der Waals surface area contributed by atoms with Gasteiger partial charge in [0.05, 0.1) is 17.6 Å². The summed E-state index contributed by atoms with van der Waals surface area (Å²) in [7, 11) is 0. The molecule has 0 aliphatic carbocycles. The summed E-state index contributed by atoms with van der Waals surface area (Å²) in [6, 6.07) is 23.9. The number of amides is 1. The van der Waals surface area contributed by atoms with Gasteiger partial charge in [0.2, 0.25) is 0 Å². The molecule has 0 saturated carbocycles. The molecule has 4 aromatic rings. The number of imidazole rings is 1. The molecule has 0 bridgehead atoms. The van der Waals surface area contributed by atoms with Crippen molar-refractivity contribution in [2.75, 3.05) is 19.8 Å². The Hall–Kier alpha value is -3.80. The molecule has 0 spiro atoms. The number of ether oxygens (including phenoxy) is 2. The van der Waals surface area contributed by atoms with Gasteiger partial charge in [-0.15, -0.1) is 0 Å². The number of aryl methyl sites for hydroxylation is 3. The highest BCUT2D eigenvalue weighted by Gasteiger charge is 2.11. The van der Waals surface area contributed by atoms with Crippen LogP contribution in [-0.2, 0) is 17.8 Å². The van der Waals surface area contributed by atoms with Crippen LogP contribution in [0, 0.1) is 13.8 Å². The molecule has 0 saturated heterocycles. The van der Waals surface area contributed by atoms with Crippen LogP contribution in [0.15, 0.2) is 72.8 Å². The normalized spacial score (nSPS) is 10.9. The Labute approximate surface area is 213 Å². The zero-order valence-electron chi connectivity index (χ0n) is 21.2. The average molecular weight is 486 g/mol. The fraction of sp³-hybridized carbons (Fsp3) is 0.333. The Balaban J connectivity index is 1.22. The lowest BCUT2D eigenvalue weighted by Crippen LogP contribution is -2.29. The van der Waals surface area contributed by atoms with Gasteiger partial charge < -0.3 is 19.4 Å². The summed E-state index contributed by atoms with van der Waals surface area (Å²) in [6.07, 6.45) is 3.84. The number of nitrogens with zero attached hydrogens (tertiary/aromatic N) is 2. The highest BCUT2D eigenvalue weighted by Crippen LogP contribution is 2.21. The van der Waals surface area contributed by atoms with Crippen molar-refractivity contribution in [3.8, 4) is 11.5 Å². The third-order valence-corrected chi connectivity index (χ3v) is 6.16. The third kappa shape index (κ3) is 7.11. The predicted molar refractivity (Wildman–Crippen MR) is 144 cm³/mol. The number of nitrogens with one attached hydrogen (secondary N) is 1. The fourth-order valence-electron chi connectivity index (χ4n) is 4.20. The first kappa shape index (κ1) is 25.3. The number of rotatable bonds is 13. The van der Waals surface area contributed by atoms with E-state index in [0.717, 1.165) is 60.4 Å². The number of hydrogen-bond donors (Lipinski definition) is 1. The van der Waals surface area contributed by atoms with Gasteiger partial charge in [0.1, 0.15) is 23.9 Å². The quantitative estimate of drug-likeness (QED) is 0.249. The second-order valence-corrected chi connectivity index (χ2v) is 9.05. The van der Waals surface area contributed by atoms with Crippen molar-refractivity contribution in [3.63, 3.8) is 0 Å². The van der Waals surface area contributed by atoms with Gasteiger partial charge in [0.15, 0.2) is 6.61 Å². The molecule has 1 amide bonds. The number of carbonyl (C=O) groups is 1. The standard InChI is InChI=1S/C30H35N3O3/c1-23-16-17-24(2)28(21-23)35-20-19-33-27-14-9-8-13-26(27)32-29(33)15-7-4-10-18-31-30(34)22-36-25-11-5-3-6-12-25/h3,5-6,8-9,11-14,16-17,21H,4,7,10,15,18-20,22H2,1-2H3,(H,31,34). The largest absolute Gasteiger partial charge is 0.491 e. The molecular formula is C30H35N3O3. The predicted octanol–water partition coefficient (Wildman–Crippen LogP) is 5.64. The molecular weight excluding hydrogens is 450 g/mol. The highest BCUT2D eigenvalue weighted by atomic mass is 16.5. The van der Waals surface area contributed by atoms with Crippen molar-refractivity contribution in [1.82, 2.24) is 14.9 Å². The van der Waals surface area contributed by atoms with E-state index in [1.54, 1.807) is 0 Å². The van der Waals surface area contributed by atoms with Crippen LogP contribution in [0.3, 0.4) is 0 Å². The molecule has 188 valence electrons. The number of unbranched alkanes of at least 4 members (excludes halogenated alkanes) is 2. The maximum absolute atomic E-state index is 12.0. The summed E-state index contributed by atoms with van der Waals surface area (Å²) in [5.41, 5.74) is 4.51. The highest BCUT2D eigenvalue weighted by molar-refractivity contribution is 5.77. The third-order valence-electron chi connectivity index (χ3n) is 6.16. The molecule has 0 aliphatic heterocycles. The van der Waals surface area contributed by atoms with Crippen LogP contribution in [-0.4, -0.2) is 35.2 Å². The van der Waals surface area contributed by atoms with Gasteiger partial charge in [-0.05, 0) is 68.1 Å². The number of para-hydroxylation sites is 3. The molecule has 0 unspecified atom stereocenters. The van der Waals surface area contributed by atoms with E-state index < -0.39 is 0 Å². The molecule has 36 heavy (non-hydrogen) atoms. The zero-order valence-corrected chi connectivity index (χ0v) is 21.2. The van der Waals surface area contributed by atoms with Gasteiger partial charge in [-0.1, -0.05) is 48.9 Å². The smallest absolute Gasteiger partial charge is 0.257 e. The summed E-state index contributed by atoms with van der Waals surface area (Å²) in [6.45, 7) is 6.19. The van der Waals surface area contributed by atoms with E-state index in [-0.39, 0.29) is 12.5 Å². The zero-order chi connectivity index (χ0) is 25.2. The molecule has 0 aliphatic rings. The summed E-state index contributed by atoms with van der Waals surface area (Å²) >= 11 is 0. The van der Waals surface area contributed by atoms with Crippen LogP contribution >= 0.6 is 0 Å². The monoisotopic (exact) mass is 485 g/mol. The molecule has 6 nitrogen and oxygen atoms in total. The van der Waals surface area contributed by atoms with Gasteiger partial charge in [-0.3, -0.25) is 4.79 Å². The number of aromatic nitrogens is 2. The number of carbonyl (C=O) groups excluding carboxylic acids is 1. The number of benzene rings is 3. The van der Waals surface area contributed by atoms with Crippen molar-refractivity contribution < 1.29 is 14.3 Å². The molecule has 1 aromatic heterocycles. The topological polar surface area (TPSA) is 65.4 Å². The molecule has 4 rings (SSSR count). The molecule has 1 heterocycles. The molecule has 0 atom stereocenters. The SMILES string of the molecule is Cc1ccc(C)c(OCCn2c(CCCCCNC(=O)COc3ccccc3)nc3ccccc32)c1. The van der Waals surface area contributed by atoms with Gasteiger partial charge in [-0.25, -0.2) is 4.98 Å². The van der Waals surface area contributed by atoms with Gasteiger partial charge in [0.25, 0.3) is 5.91 Å². The van der Waals surface area contributed by atoms with E-state index in [0.29, 0.717) is 18.9 Å². The Kier molecular flexibility index (Phi) is 8.98. The van der Waals surface area contributed by atoms with Crippen LogP contribution in [0.4, 0.5) is 0 Å². The summed E-state index contributed by atoms with van der Waals surface area (Å²) in [4.78, 5) is 16.9. The number of hydrogen-bond acceptors (Lipinski definition) is 4. The summed E-state index contributed by atoms with van der Waals surface area (Å²) < 4.78 is 13.9. The lowest BCUT2D eigenvalue weighted by Gasteiger charge is -2.13. The Morgan fingerprint density at radius 3 is 2.58 bits per heavy atom. The van der Waals surface area contributed by atoms with Gasteiger partial charge >= 0.3 is 0 Å². The second kappa shape index (κ2) is 12.8. The van der Waals surface area contributed by atoms with Gasteiger partial charge in [-0.2, -0.15) is 0 Å². The van der Waals surface area contributed by atoms with E-state index in [1.165, 1.54) is 5.56 Å². The van der Waals surface area contributed by atoms with Crippen molar-refractivity contribution >= 4 is 16.9 Å². The van der Waals surface area contributed by atoms with E-state index in [2.05, 4.69) is 60.1 Å². The van der Waals surface area contributed by atoms with Crippen molar-refractivity contribution in [2.24, 2.45) is 0 Å². The maximum Gasteiger partial charge on any atom is 0.257 e.